The van der Waals surface area contributed by atoms with Gasteiger partial charge in [0.25, 0.3) is 0 Å². The number of nitrogens with one attached hydrogen (secondary N) is 1. The molecular weight excluding hydrogens is 476 g/mol. The van der Waals surface area contributed by atoms with Gasteiger partial charge >= 0.3 is 0 Å². The van der Waals surface area contributed by atoms with Crippen molar-refractivity contribution in [3.05, 3.63) is 47.3 Å². The van der Waals surface area contributed by atoms with E-state index < -0.39 is 0 Å². The average molecular weight is 505 g/mol. The SMILES string of the molecule is COc1cccc(OC)c1-n1c(CC2CCCO2)nnc1NSC(C)C(C)c1ncc(Cl)cn1. The van der Waals surface area contributed by atoms with Crippen LogP contribution in [-0.4, -0.2) is 56.9 Å². The van der Waals surface area contributed by atoms with Crippen LogP contribution in [0.5, 0.6) is 11.5 Å². The van der Waals surface area contributed by atoms with Crippen molar-refractivity contribution in [1.82, 2.24) is 24.7 Å². The third kappa shape index (κ3) is 5.39. The Hall–Kier alpha value is -2.56. The molecule has 4 rings (SSSR count). The van der Waals surface area contributed by atoms with Gasteiger partial charge in [0.2, 0.25) is 5.95 Å². The zero-order valence-corrected chi connectivity index (χ0v) is 21.3. The molecule has 11 heteroatoms. The molecule has 1 saturated heterocycles. The summed E-state index contributed by atoms with van der Waals surface area (Å²) in [6, 6.07) is 5.68. The maximum Gasteiger partial charge on any atom is 0.239 e. The summed E-state index contributed by atoms with van der Waals surface area (Å²) in [5.41, 5.74) is 0.746. The normalized spacial score (nSPS) is 17.4. The first-order valence-corrected chi connectivity index (χ1v) is 12.4. The van der Waals surface area contributed by atoms with Gasteiger partial charge < -0.3 is 14.2 Å². The Labute approximate surface area is 208 Å². The van der Waals surface area contributed by atoms with Gasteiger partial charge in [-0.25, -0.2) is 9.97 Å². The van der Waals surface area contributed by atoms with Crippen LogP contribution in [-0.2, 0) is 11.2 Å². The number of halogens is 1. The van der Waals surface area contributed by atoms with Gasteiger partial charge in [-0.2, -0.15) is 0 Å². The van der Waals surface area contributed by atoms with Crippen LogP contribution in [0.1, 0.15) is 44.3 Å². The van der Waals surface area contributed by atoms with E-state index in [9.17, 15) is 0 Å². The molecule has 2 aromatic heterocycles. The molecular formula is C23H29ClN6O3S. The zero-order chi connectivity index (χ0) is 24.1. The van der Waals surface area contributed by atoms with Gasteiger partial charge in [-0.1, -0.05) is 31.5 Å². The Balaban J connectivity index is 1.62. The van der Waals surface area contributed by atoms with Gasteiger partial charge in [0.15, 0.2) is 0 Å². The zero-order valence-electron chi connectivity index (χ0n) is 19.7. The molecule has 1 aliphatic rings. The molecule has 3 unspecified atom stereocenters. The molecule has 1 fully saturated rings. The van der Waals surface area contributed by atoms with E-state index in [2.05, 4.69) is 38.7 Å². The smallest absolute Gasteiger partial charge is 0.239 e. The fourth-order valence-corrected chi connectivity index (χ4v) is 4.67. The summed E-state index contributed by atoms with van der Waals surface area (Å²) in [7, 11) is 3.28. The molecule has 0 saturated carbocycles. The van der Waals surface area contributed by atoms with Crippen LogP contribution < -0.4 is 14.2 Å². The highest BCUT2D eigenvalue weighted by Crippen LogP contribution is 2.37. The van der Waals surface area contributed by atoms with Crippen molar-refractivity contribution in [3.8, 4) is 17.2 Å². The molecule has 1 aromatic carbocycles. The average Bonchev–Trinajstić information content (AvgIpc) is 3.52. The number of para-hydroxylation sites is 1. The number of ether oxygens (including phenoxy) is 3. The van der Waals surface area contributed by atoms with Gasteiger partial charge in [-0.05, 0) is 36.9 Å². The van der Waals surface area contributed by atoms with E-state index in [1.165, 1.54) is 11.9 Å². The molecule has 182 valence electrons. The number of nitrogens with zero attached hydrogens (tertiary/aromatic N) is 5. The molecule has 1 N–H and O–H groups in total. The minimum Gasteiger partial charge on any atom is -0.494 e. The van der Waals surface area contributed by atoms with Crippen LogP contribution in [0.25, 0.3) is 5.69 Å². The Morgan fingerprint density at radius 2 is 1.88 bits per heavy atom. The Bertz CT molecular complexity index is 1070. The van der Waals surface area contributed by atoms with Crippen LogP contribution in [0.4, 0.5) is 5.95 Å². The third-order valence-corrected chi connectivity index (χ3v) is 7.15. The van der Waals surface area contributed by atoms with E-state index >= 15 is 0 Å². The summed E-state index contributed by atoms with van der Waals surface area (Å²) >= 11 is 7.46. The van der Waals surface area contributed by atoms with Crippen LogP contribution in [0.3, 0.4) is 0 Å². The lowest BCUT2D eigenvalue weighted by atomic mass is 10.1. The lowest BCUT2D eigenvalue weighted by molar-refractivity contribution is 0.109. The fourth-order valence-electron chi connectivity index (χ4n) is 3.83. The highest BCUT2D eigenvalue weighted by Gasteiger charge is 2.26. The van der Waals surface area contributed by atoms with E-state index in [0.717, 1.165) is 36.8 Å². The predicted octanol–water partition coefficient (Wildman–Crippen LogP) is 4.70. The summed E-state index contributed by atoms with van der Waals surface area (Å²) in [5, 5.41) is 9.62. The number of anilines is 1. The Kier molecular flexibility index (Phi) is 8.12. The quantitative estimate of drug-likeness (QED) is 0.394. The number of benzene rings is 1. The maximum atomic E-state index is 5.94. The standard InChI is InChI=1S/C23H29ClN6O3S/c1-14(22-25-12-16(24)13-26-22)15(2)34-29-23-28-27-20(11-17-7-6-10-33-17)30(23)21-18(31-3)8-5-9-19(21)32-4/h5,8-9,12-15,17H,6-7,10-11H2,1-4H3,(H,28,29). The van der Waals surface area contributed by atoms with E-state index in [0.29, 0.717) is 28.9 Å². The van der Waals surface area contributed by atoms with Crippen molar-refractivity contribution in [2.24, 2.45) is 0 Å². The number of hydrogen-bond acceptors (Lipinski definition) is 9. The van der Waals surface area contributed by atoms with Gasteiger partial charge in [-0.15, -0.1) is 10.2 Å². The Morgan fingerprint density at radius 3 is 2.50 bits per heavy atom. The van der Waals surface area contributed by atoms with E-state index in [-0.39, 0.29) is 17.3 Å². The first-order chi connectivity index (χ1) is 16.5. The highest BCUT2D eigenvalue weighted by molar-refractivity contribution is 8.01. The second-order valence-electron chi connectivity index (χ2n) is 8.10. The van der Waals surface area contributed by atoms with Crippen molar-refractivity contribution in [1.29, 1.82) is 0 Å². The fraction of sp³-hybridized carbons (Fsp3) is 0.478. The Morgan fingerprint density at radius 1 is 1.18 bits per heavy atom. The lowest BCUT2D eigenvalue weighted by Gasteiger charge is -2.21. The van der Waals surface area contributed by atoms with Crippen molar-refractivity contribution >= 4 is 29.5 Å². The van der Waals surface area contributed by atoms with Gasteiger partial charge in [0.05, 0.1) is 25.3 Å². The molecule has 3 aromatic rings. The second kappa shape index (κ2) is 11.2. The molecule has 1 aliphatic heterocycles. The molecule has 0 aliphatic carbocycles. The van der Waals surface area contributed by atoms with Crippen LogP contribution in [0.2, 0.25) is 5.02 Å². The number of aromatic nitrogens is 5. The largest absolute Gasteiger partial charge is 0.494 e. The van der Waals surface area contributed by atoms with E-state index in [1.54, 1.807) is 26.6 Å². The summed E-state index contributed by atoms with van der Waals surface area (Å²) in [6.07, 6.45) is 6.05. The minimum atomic E-state index is 0.0818. The number of hydrogen-bond donors (Lipinski definition) is 1. The second-order valence-corrected chi connectivity index (χ2v) is 9.72. The predicted molar refractivity (Wildman–Crippen MR) is 133 cm³/mol. The summed E-state index contributed by atoms with van der Waals surface area (Å²) in [6.45, 7) is 4.97. The lowest BCUT2D eigenvalue weighted by Crippen LogP contribution is -2.16. The molecule has 0 bridgehead atoms. The monoisotopic (exact) mass is 504 g/mol. The molecule has 3 atom stereocenters. The van der Waals surface area contributed by atoms with Crippen molar-refractivity contribution in [2.45, 2.75) is 50.4 Å². The first kappa shape index (κ1) is 24.6. The summed E-state index contributed by atoms with van der Waals surface area (Å²) in [5.74, 6) is 3.50. The topological polar surface area (TPSA) is 96.2 Å². The molecule has 3 heterocycles. The minimum absolute atomic E-state index is 0.0818. The molecule has 0 radical (unpaired) electrons. The molecule has 34 heavy (non-hydrogen) atoms. The van der Waals surface area contributed by atoms with Crippen molar-refractivity contribution in [2.75, 3.05) is 25.5 Å². The van der Waals surface area contributed by atoms with Crippen LogP contribution in [0, 0.1) is 0 Å². The van der Waals surface area contributed by atoms with E-state index in [4.69, 9.17) is 25.8 Å². The molecule has 9 nitrogen and oxygen atoms in total. The van der Waals surface area contributed by atoms with Crippen LogP contribution >= 0.6 is 23.5 Å². The number of methoxy groups -OCH3 is 2. The summed E-state index contributed by atoms with van der Waals surface area (Å²) in [4.78, 5) is 8.72. The molecule has 0 spiro atoms. The van der Waals surface area contributed by atoms with Gasteiger partial charge in [0.1, 0.15) is 28.8 Å². The van der Waals surface area contributed by atoms with E-state index in [1.807, 2.05) is 22.8 Å². The highest BCUT2D eigenvalue weighted by atomic mass is 35.5. The van der Waals surface area contributed by atoms with Crippen LogP contribution in [0.15, 0.2) is 30.6 Å². The van der Waals surface area contributed by atoms with Crippen molar-refractivity contribution in [3.63, 3.8) is 0 Å². The van der Waals surface area contributed by atoms with Gasteiger partial charge in [-0.3, -0.25) is 9.29 Å². The third-order valence-electron chi connectivity index (χ3n) is 5.88. The number of rotatable bonds is 10. The maximum absolute atomic E-state index is 5.94. The summed E-state index contributed by atoms with van der Waals surface area (Å²) < 4.78 is 22.6. The first-order valence-electron chi connectivity index (χ1n) is 11.2. The molecule has 0 amide bonds. The van der Waals surface area contributed by atoms with Crippen molar-refractivity contribution < 1.29 is 14.2 Å². The van der Waals surface area contributed by atoms with Gasteiger partial charge in [0, 0.05) is 36.6 Å².